The van der Waals surface area contributed by atoms with Crippen molar-refractivity contribution in [1.82, 2.24) is 0 Å². The Hall–Kier alpha value is -1.02. The van der Waals surface area contributed by atoms with Crippen LogP contribution in [0.5, 0.6) is 5.75 Å². The Morgan fingerprint density at radius 1 is 1.06 bits per heavy atom. The van der Waals surface area contributed by atoms with Crippen LogP contribution in [0.15, 0.2) is 18.2 Å². The Bertz CT molecular complexity index is 423. The van der Waals surface area contributed by atoms with Crippen LogP contribution in [-0.2, 0) is 6.42 Å². The molecule has 2 aliphatic carbocycles. The van der Waals surface area contributed by atoms with Gasteiger partial charge in [0.2, 0.25) is 0 Å². The van der Waals surface area contributed by atoms with Gasteiger partial charge in [-0.2, -0.15) is 0 Å². The number of phenolic OH excluding ortho intramolecular Hbond substituents is 1. The number of fused-ring (bicyclic) bond motifs is 1. The van der Waals surface area contributed by atoms with Crippen molar-refractivity contribution in [3.8, 4) is 5.75 Å². The van der Waals surface area contributed by atoms with Gasteiger partial charge < -0.3 is 10.8 Å². The maximum absolute atomic E-state index is 10.0. The predicted octanol–water partition coefficient (Wildman–Crippen LogP) is 3.33. The smallest absolute Gasteiger partial charge is 0.119 e. The Kier molecular flexibility index (Phi) is 3.29. The van der Waals surface area contributed by atoms with E-state index in [1.165, 1.54) is 37.7 Å². The topological polar surface area (TPSA) is 46.2 Å². The molecule has 2 nitrogen and oxygen atoms in total. The lowest BCUT2D eigenvalue weighted by Gasteiger charge is -2.39. The van der Waals surface area contributed by atoms with Crippen LogP contribution in [0.2, 0.25) is 0 Å². The first kappa shape index (κ1) is 12.0. The lowest BCUT2D eigenvalue weighted by Crippen LogP contribution is -2.38. The molecule has 1 fully saturated rings. The van der Waals surface area contributed by atoms with Crippen molar-refractivity contribution in [2.45, 2.75) is 56.9 Å². The van der Waals surface area contributed by atoms with Gasteiger partial charge in [-0.05, 0) is 48.8 Å². The van der Waals surface area contributed by atoms with E-state index < -0.39 is 0 Å². The first-order valence-corrected chi connectivity index (χ1v) is 7.33. The highest BCUT2D eigenvalue weighted by molar-refractivity contribution is 5.44. The van der Waals surface area contributed by atoms with Crippen molar-refractivity contribution >= 4 is 0 Å². The van der Waals surface area contributed by atoms with E-state index in [9.17, 15) is 5.11 Å². The lowest BCUT2D eigenvalue weighted by molar-refractivity contribution is 0.260. The Balaban J connectivity index is 1.96. The van der Waals surface area contributed by atoms with Gasteiger partial charge in [0.05, 0.1) is 0 Å². The highest BCUT2D eigenvalue weighted by atomic mass is 16.3. The molecule has 3 rings (SSSR count). The summed E-state index contributed by atoms with van der Waals surface area (Å²) in [4.78, 5) is 0. The largest absolute Gasteiger partial charge is 0.508 e. The SMILES string of the molecule is NC1CCc2c(O)cccc2C1C1CCCCC1. The van der Waals surface area contributed by atoms with Gasteiger partial charge in [0.1, 0.15) is 5.75 Å². The van der Waals surface area contributed by atoms with Crippen molar-refractivity contribution in [3.63, 3.8) is 0 Å². The summed E-state index contributed by atoms with van der Waals surface area (Å²) in [5, 5.41) is 10.0. The predicted molar refractivity (Wildman–Crippen MR) is 73.7 cm³/mol. The standard InChI is InChI=1S/C16H23NO/c17-14-10-9-12-13(7-4-8-15(12)18)16(14)11-5-2-1-3-6-11/h4,7-8,11,14,16,18H,1-3,5-6,9-10,17H2. The summed E-state index contributed by atoms with van der Waals surface area (Å²) in [6.45, 7) is 0. The lowest BCUT2D eigenvalue weighted by atomic mass is 9.68. The minimum absolute atomic E-state index is 0.280. The van der Waals surface area contributed by atoms with Gasteiger partial charge in [-0.1, -0.05) is 31.4 Å². The molecule has 2 unspecified atom stereocenters. The fraction of sp³-hybridized carbons (Fsp3) is 0.625. The molecule has 0 amide bonds. The van der Waals surface area contributed by atoms with Gasteiger partial charge in [0.15, 0.2) is 0 Å². The molecular formula is C16H23NO. The van der Waals surface area contributed by atoms with Crippen molar-refractivity contribution in [2.75, 3.05) is 0 Å². The van der Waals surface area contributed by atoms with Crippen LogP contribution in [0.3, 0.4) is 0 Å². The van der Waals surface area contributed by atoms with Gasteiger partial charge in [0, 0.05) is 12.0 Å². The first-order chi connectivity index (χ1) is 8.77. The van der Waals surface area contributed by atoms with Gasteiger partial charge in [0.25, 0.3) is 0 Å². The second-order valence-electron chi connectivity index (χ2n) is 5.97. The number of phenols is 1. The summed E-state index contributed by atoms with van der Waals surface area (Å²) in [5.41, 5.74) is 8.89. The summed E-state index contributed by atoms with van der Waals surface area (Å²) in [7, 11) is 0. The Morgan fingerprint density at radius 2 is 1.83 bits per heavy atom. The third kappa shape index (κ3) is 2.03. The van der Waals surface area contributed by atoms with Crippen molar-refractivity contribution in [1.29, 1.82) is 0 Å². The maximum Gasteiger partial charge on any atom is 0.119 e. The number of rotatable bonds is 1. The van der Waals surface area contributed by atoms with Crippen LogP contribution in [-0.4, -0.2) is 11.1 Å². The number of nitrogens with two attached hydrogens (primary N) is 1. The normalized spacial score (nSPS) is 28.9. The first-order valence-electron chi connectivity index (χ1n) is 7.33. The second-order valence-corrected chi connectivity index (χ2v) is 5.97. The molecule has 98 valence electrons. The van der Waals surface area contributed by atoms with Crippen LogP contribution >= 0.6 is 0 Å². The molecule has 0 bridgehead atoms. The average molecular weight is 245 g/mol. The van der Waals surface area contributed by atoms with Crippen molar-refractivity contribution in [3.05, 3.63) is 29.3 Å². The molecule has 0 heterocycles. The summed E-state index contributed by atoms with van der Waals surface area (Å²) in [6, 6.07) is 6.26. The van der Waals surface area contributed by atoms with Crippen LogP contribution < -0.4 is 5.73 Å². The molecule has 1 aromatic rings. The van der Waals surface area contributed by atoms with E-state index in [1.807, 2.05) is 12.1 Å². The van der Waals surface area contributed by atoms with Gasteiger partial charge in [-0.3, -0.25) is 0 Å². The highest BCUT2D eigenvalue weighted by Gasteiger charge is 2.34. The molecule has 3 N–H and O–H groups in total. The summed E-state index contributed by atoms with van der Waals surface area (Å²) in [6.07, 6.45) is 8.66. The summed E-state index contributed by atoms with van der Waals surface area (Å²) in [5.74, 6) is 1.68. The molecule has 2 atom stereocenters. The number of hydrogen-bond donors (Lipinski definition) is 2. The molecule has 2 aliphatic rings. The van der Waals surface area contributed by atoms with E-state index in [1.54, 1.807) is 0 Å². The molecule has 0 aromatic heterocycles. The van der Waals surface area contributed by atoms with Crippen molar-refractivity contribution in [2.24, 2.45) is 11.7 Å². The van der Waals surface area contributed by atoms with Crippen molar-refractivity contribution < 1.29 is 5.11 Å². The average Bonchev–Trinajstić information content (AvgIpc) is 2.40. The minimum atomic E-state index is 0.280. The molecule has 0 radical (unpaired) electrons. The van der Waals surface area contributed by atoms with Gasteiger partial charge >= 0.3 is 0 Å². The van der Waals surface area contributed by atoms with Crippen LogP contribution in [0, 0.1) is 5.92 Å². The maximum atomic E-state index is 10.0. The quantitative estimate of drug-likeness (QED) is 0.797. The van der Waals surface area contributed by atoms with Gasteiger partial charge in [-0.25, -0.2) is 0 Å². The summed E-state index contributed by atoms with van der Waals surface area (Å²) < 4.78 is 0. The molecule has 0 spiro atoms. The van der Waals surface area contributed by atoms with E-state index in [0.29, 0.717) is 11.7 Å². The molecule has 1 aromatic carbocycles. The Morgan fingerprint density at radius 3 is 2.61 bits per heavy atom. The molecule has 18 heavy (non-hydrogen) atoms. The summed E-state index contributed by atoms with van der Waals surface area (Å²) >= 11 is 0. The zero-order valence-corrected chi connectivity index (χ0v) is 10.9. The van der Waals surface area contributed by atoms with E-state index >= 15 is 0 Å². The van der Waals surface area contributed by atoms with Gasteiger partial charge in [-0.15, -0.1) is 0 Å². The fourth-order valence-corrected chi connectivity index (χ4v) is 3.99. The van der Waals surface area contributed by atoms with E-state index in [-0.39, 0.29) is 6.04 Å². The van der Waals surface area contributed by atoms with E-state index in [0.717, 1.165) is 24.3 Å². The zero-order chi connectivity index (χ0) is 12.5. The van der Waals surface area contributed by atoms with Crippen LogP contribution in [0.1, 0.15) is 55.6 Å². The van der Waals surface area contributed by atoms with E-state index in [2.05, 4.69) is 6.07 Å². The molecule has 2 heteroatoms. The van der Waals surface area contributed by atoms with E-state index in [4.69, 9.17) is 5.73 Å². The Labute approximate surface area is 109 Å². The van der Waals surface area contributed by atoms with Crippen LogP contribution in [0.25, 0.3) is 0 Å². The minimum Gasteiger partial charge on any atom is -0.508 e. The number of hydrogen-bond acceptors (Lipinski definition) is 2. The zero-order valence-electron chi connectivity index (χ0n) is 10.9. The van der Waals surface area contributed by atoms with Crippen LogP contribution in [0.4, 0.5) is 0 Å². The number of aromatic hydroxyl groups is 1. The molecule has 1 saturated carbocycles. The number of benzene rings is 1. The third-order valence-electron chi connectivity index (χ3n) is 4.89. The third-order valence-corrected chi connectivity index (χ3v) is 4.89. The molecule has 0 aliphatic heterocycles. The highest BCUT2D eigenvalue weighted by Crippen LogP contribution is 2.44. The molecular weight excluding hydrogens is 222 g/mol. The fourth-order valence-electron chi connectivity index (χ4n) is 3.99. The second kappa shape index (κ2) is 4.93. The molecule has 0 saturated heterocycles. The monoisotopic (exact) mass is 245 g/mol.